The Morgan fingerprint density at radius 3 is 2.29 bits per heavy atom. The van der Waals surface area contributed by atoms with Crippen LogP contribution in [-0.4, -0.2) is 13.1 Å². The lowest BCUT2D eigenvalue weighted by Crippen LogP contribution is -2.12. The van der Waals surface area contributed by atoms with Gasteiger partial charge in [-0.15, -0.1) is 0 Å². The molecule has 84 valence electrons. The second kappa shape index (κ2) is 9.04. The Labute approximate surface area is 88.0 Å². The summed E-state index contributed by atoms with van der Waals surface area (Å²) >= 11 is 0. The molecule has 0 unspecified atom stereocenters. The van der Waals surface area contributed by atoms with Crippen molar-refractivity contribution in [1.82, 2.24) is 0 Å². The fourth-order valence-electron chi connectivity index (χ4n) is 1.55. The van der Waals surface area contributed by atoms with Gasteiger partial charge >= 0.3 is 5.97 Å². The Morgan fingerprint density at radius 2 is 1.71 bits per heavy atom. The fraction of sp³-hybridized carbons (Fsp3) is 0.917. The third kappa shape index (κ3) is 6.93. The van der Waals surface area contributed by atoms with E-state index in [9.17, 15) is 4.79 Å². The zero-order chi connectivity index (χ0) is 10.8. The van der Waals surface area contributed by atoms with Crippen molar-refractivity contribution in [3.63, 3.8) is 0 Å². The number of unbranched alkanes of at least 4 members (excludes halogenated alkanes) is 5. The van der Waals surface area contributed by atoms with E-state index < -0.39 is 0 Å². The van der Waals surface area contributed by atoms with Crippen LogP contribution in [0.2, 0.25) is 0 Å². The van der Waals surface area contributed by atoms with Gasteiger partial charge in [0.05, 0.1) is 13.0 Å². The Balaban J connectivity index is 3.23. The normalized spacial score (nSPS) is 12.5. The van der Waals surface area contributed by atoms with Crippen LogP contribution in [0.25, 0.3) is 0 Å². The lowest BCUT2D eigenvalue weighted by Gasteiger charge is -2.08. The Morgan fingerprint density at radius 1 is 1.14 bits per heavy atom. The van der Waals surface area contributed by atoms with Crippen LogP contribution in [0.5, 0.6) is 0 Å². The first-order chi connectivity index (χ1) is 6.72. The molecular formula is C12H24O2. The van der Waals surface area contributed by atoms with Gasteiger partial charge in [-0.1, -0.05) is 52.4 Å². The maximum absolute atomic E-state index is 11.1. The van der Waals surface area contributed by atoms with Crippen LogP contribution in [0.4, 0.5) is 0 Å². The summed E-state index contributed by atoms with van der Waals surface area (Å²) in [5.41, 5.74) is 0. The Bertz CT molecular complexity index is 143. The first-order valence-electron chi connectivity index (χ1n) is 5.80. The van der Waals surface area contributed by atoms with Gasteiger partial charge in [0.25, 0.3) is 0 Å². The number of hydrogen-bond acceptors (Lipinski definition) is 2. The van der Waals surface area contributed by atoms with Crippen LogP contribution < -0.4 is 0 Å². The van der Waals surface area contributed by atoms with Gasteiger partial charge in [-0.25, -0.2) is 0 Å². The minimum absolute atomic E-state index is 0.0708. The van der Waals surface area contributed by atoms with E-state index >= 15 is 0 Å². The zero-order valence-electron chi connectivity index (χ0n) is 9.84. The van der Waals surface area contributed by atoms with Crippen molar-refractivity contribution < 1.29 is 9.53 Å². The van der Waals surface area contributed by atoms with Gasteiger partial charge in [-0.05, 0) is 6.42 Å². The van der Waals surface area contributed by atoms with Gasteiger partial charge in [0.15, 0.2) is 0 Å². The second-order valence-corrected chi connectivity index (χ2v) is 3.98. The van der Waals surface area contributed by atoms with Gasteiger partial charge < -0.3 is 4.74 Å². The van der Waals surface area contributed by atoms with E-state index in [0.29, 0.717) is 0 Å². The molecule has 0 bridgehead atoms. The van der Waals surface area contributed by atoms with Crippen molar-refractivity contribution in [3.8, 4) is 0 Å². The summed E-state index contributed by atoms with van der Waals surface area (Å²) in [6.45, 7) is 4.16. The first-order valence-corrected chi connectivity index (χ1v) is 5.80. The van der Waals surface area contributed by atoms with Gasteiger partial charge in [-0.3, -0.25) is 4.79 Å². The molecule has 0 N–H and O–H groups in total. The number of hydrogen-bond donors (Lipinski definition) is 0. The predicted molar refractivity (Wildman–Crippen MR) is 59.2 cm³/mol. The van der Waals surface area contributed by atoms with E-state index in [0.717, 1.165) is 12.8 Å². The molecule has 0 aliphatic rings. The maximum Gasteiger partial charge on any atom is 0.308 e. The molecule has 1 atom stereocenters. The lowest BCUT2D eigenvalue weighted by molar-refractivity contribution is -0.145. The van der Waals surface area contributed by atoms with E-state index in [2.05, 4.69) is 11.7 Å². The number of carbonyl (C=O) groups excluding carboxylic acids is 1. The third-order valence-electron chi connectivity index (χ3n) is 2.59. The van der Waals surface area contributed by atoms with Crippen LogP contribution in [0.15, 0.2) is 0 Å². The van der Waals surface area contributed by atoms with Crippen LogP contribution in [0.1, 0.15) is 58.8 Å². The molecule has 14 heavy (non-hydrogen) atoms. The molecule has 2 nitrogen and oxygen atoms in total. The molecule has 0 aliphatic heterocycles. The van der Waals surface area contributed by atoms with Crippen molar-refractivity contribution in [2.24, 2.45) is 5.92 Å². The summed E-state index contributed by atoms with van der Waals surface area (Å²) in [5, 5.41) is 0. The monoisotopic (exact) mass is 200 g/mol. The SMILES string of the molecule is CCCCCCCC[C@@H](C)C(=O)OC. The average molecular weight is 200 g/mol. The van der Waals surface area contributed by atoms with Gasteiger partial charge in [-0.2, -0.15) is 0 Å². The van der Waals surface area contributed by atoms with Gasteiger partial charge in [0, 0.05) is 0 Å². The second-order valence-electron chi connectivity index (χ2n) is 3.98. The third-order valence-corrected chi connectivity index (χ3v) is 2.59. The Kier molecular flexibility index (Phi) is 8.70. The molecule has 0 fully saturated rings. The summed E-state index contributed by atoms with van der Waals surface area (Å²) < 4.78 is 4.67. The molecule has 0 rings (SSSR count). The van der Waals surface area contributed by atoms with Crippen molar-refractivity contribution in [1.29, 1.82) is 0 Å². The van der Waals surface area contributed by atoms with Gasteiger partial charge in [0.2, 0.25) is 0 Å². The minimum atomic E-state index is -0.0708. The molecule has 0 amide bonds. The summed E-state index contributed by atoms with van der Waals surface area (Å²) in [4.78, 5) is 11.1. The minimum Gasteiger partial charge on any atom is -0.469 e. The standard InChI is InChI=1S/C12H24O2/c1-4-5-6-7-8-9-10-11(2)12(13)14-3/h11H,4-10H2,1-3H3/t11-/m1/s1. The molecule has 2 heteroatoms. The number of esters is 1. The number of carbonyl (C=O) groups is 1. The molecule has 0 saturated heterocycles. The fourth-order valence-corrected chi connectivity index (χ4v) is 1.55. The van der Waals surface area contributed by atoms with E-state index in [1.54, 1.807) is 0 Å². The molecule has 0 saturated carbocycles. The number of rotatable bonds is 8. The predicted octanol–water partition coefficient (Wildman–Crippen LogP) is 3.55. The highest BCUT2D eigenvalue weighted by atomic mass is 16.5. The quantitative estimate of drug-likeness (QED) is 0.442. The highest BCUT2D eigenvalue weighted by molar-refractivity contribution is 5.71. The smallest absolute Gasteiger partial charge is 0.308 e. The van der Waals surface area contributed by atoms with E-state index in [1.807, 2.05) is 6.92 Å². The van der Waals surface area contributed by atoms with Crippen LogP contribution in [-0.2, 0) is 9.53 Å². The van der Waals surface area contributed by atoms with E-state index in [-0.39, 0.29) is 11.9 Å². The lowest BCUT2D eigenvalue weighted by atomic mass is 10.0. The highest BCUT2D eigenvalue weighted by Gasteiger charge is 2.11. The van der Waals surface area contributed by atoms with Gasteiger partial charge in [0.1, 0.15) is 0 Å². The van der Waals surface area contributed by atoms with Crippen molar-refractivity contribution >= 4 is 5.97 Å². The summed E-state index contributed by atoms with van der Waals surface area (Å²) in [6, 6.07) is 0. The van der Waals surface area contributed by atoms with Crippen molar-refractivity contribution in [3.05, 3.63) is 0 Å². The highest BCUT2D eigenvalue weighted by Crippen LogP contribution is 2.12. The van der Waals surface area contributed by atoms with Crippen LogP contribution >= 0.6 is 0 Å². The molecule has 0 aliphatic carbocycles. The molecule has 0 aromatic carbocycles. The van der Waals surface area contributed by atoms with E-state index in [4.69, 9.17) is 0 Å². The molecule has 0 aromatic rings. The van der Waals surface area contributed by atoms with Crippen molar-refractivity contribution in [2.45, 2.75) is 58.8 Å². The molecule has 0 spiro atoms. The van der Waals surface area contributed by atoms with Crippen LogP contribution in [0, 0.1) is 5.92 Å². The average Bonchev–Trinajstić information content (AvgIpc) is 2.21. The maximum atomic E-state index is 11.1. The molecular weight excluding hydrogens is 176 g/mol. The summed E-state index contributed by atoms with van der Waals surface area (Å²) in [6.07, 6.45) is 8.65. The molecule has 0 aromatic heterocycles. The molecule has 0 radical (unpaired) electrons. The largest absolute Gasteiger partial charge is 0.469 e. The van der Waals surface area contributed by atoms with Crippen LogP contribution in [0.3, 0.4) is 0 Å². The zero-order valence-corrected chi connectivity index (χ0v) is 9.84. The van der Waals surface area contributed by atoms with E-state index in [1.165, 1.54) is 39.2 Å². The number of ether oxygens (including phenoxy) is 1. The summed E-state index contributed by atoms with van der Waals surface area (Å²) in [5.74, 6) is 0.00438. The topological polar surface area (TPSA) is 26.3 Å². The molecule has 0 heterocycles. The Hall–Kier alpha value is -0.530. The summed E-state index contributed by atoms with van der Waals surface area (Å²) in [7, 11) is 1.46. The van der Waals surface area contributed by atoms with Crippen molar-refractivity contribution in [2.75, 3.05) is 7.11 Å². The number of methoxy groups -OCH3 is 1. The first kappa shape index (κ1) is 13.5.